The number of amides is 2. The van der Waals surface area contributed by atoms with Crippen molar-refractivity contribution in [2.24, 2.45) is 0 Å². The molecule has 8 nitrogen and oxygen atoms in total. The Balaban J connectivity index is 2.07. The third-order valence-corrected chi connectivity index (χ3v) is 3.81. The average Bonchev–Trinajstić information content (AvgIpc) is 2.63. The number of ether oxygens (including phenoxy) is 1. The zero-order chi connectivity index (χ0) is 20.0. The first-order valence-electron chi connectivity index (χ1n) is 8.04. The minimum Gasteiger partial charge on any atom is -0.487 e. The van der Waals surface area contributed by atoms with Crippen molar-refractivity contribution in [2.75, 3.05) is 25.5 Å². The van der Waals surface area contributed by atoms with Gasteiger partial charge in [-0.3, -0.25) is 19.7 Å². The molecule has 0 aromatic heterocycles. The van der Waals surface area contributed by atoms with Gasteiger partial charge in [-0.05, 0) is 43.3 Å². The van der Waals surface area contributed by atoms with E-state index in [1.807, 2.05) is 0 Å². The van der Waals surface area contributed by atoms with Crippen LogP contribution >= 0.6 is 11.6 Å². The molecule has 0 heterocycles. The molecule has 2 aromatic carbocycles. The van der Waals surface area contributed by atoms with E-state index >= 15 is 0 Å². The van der Waals surface area contributed by atoms with E-state index in [1.54, 1.807) is 31.2 Å². The molecule has 1 N–H and O–H groups in total. The SMILES string of the molecule is CCOc1ccc(C(=O)N(C)CC(=O)Nc2ccc(Cl)cc2)cc1[N+](=O)[O-]. The van der Waals surface area contributed by atoms with E-state index in [4.69, 9.17) is 16.3 Å². The van der Waals surface area contributed by atoms with Crippen molar-refractivity contribution >= 4 is 34.8 Å². The zero-order valence-electron chi connectivity index (χ0n) is 14.8. The highest BCUT2D eigenvalue weighted by Gasteiger charge is 2.21. The Morgan fingerprint density at radius 3 is 2.48 bits per heavy atom. The first kappa shape index (κ1) is 20.2. The van der Waals surface area contributed by atoms with Gasteiger partial charge in [-0.2, -0.15) is 0 Å². The highest BCUT2D eigenvalue weighted by Crippen LogP contribution is 2.28. The Morgan fingerprint density at radius 1 is 1.22 bits per heavy atom. The molecule has 0 spiro atoms. The molecule has 0 atom stereocenters. The fraction of sp³-hybridized carbons (Fsp3) is 0.222. The van der Waals surface area contributed by atoms with E-state index < -0.39 is 16.7 Å². The van der Waals surface area contributed by atoms with Crippen molar-refractivity contribution in [3.8, 4) is 5.75 Å². The molecule has 0 saturated heterocycles. The quantitative estimate of drug-likeness (QED) is 0.576. The van der Waals surface area contributed by atoms with E-state index in [0.717, 1.165) is 6.07 Å². The van der Waals surface area contributed by atoms with Crippen LogP contribution in [0.4, 0.5) is 11.4 Å². The molecule has 27 heavy (non-hydrogen) atoms. The van der Waals surface area contributed by atoms with E-state index in [0.29, 0.717) is 10.7 Å². The topological polar surface area (TPSA) is 102 Å². The maximum Gasteiger partial charge on any atom is 0.311 e. The third kappa shape index (κ3) is 5.42. The Labute approximate surface area is 160 Å². The summed E-state index contributed by atoms with van der Waals surface area (Å²) in [4.78, 5) is 36.3. The number of carbonyl (C=O) groups is 2. The van der Waals surface area contributed by atoms with Crippen molar-refractivity contribution in [3.63, 3.8) is 0 Å². The van der Waals surface area contributed by atoms with Crippen molar-refractivity contribution in [1.29, 1.82) is 0 Å². The van der Waals surface area contributed by atoms with Gasteiger partial charge in [0.15, 0.2) is 5.75 Å². The summed E-state index contributed by atoms with van der Waals surface area (Å²) in [5.74, 6) is -0.844. The minimum atomic E-state index is -0.616. The maximum atomic E-state index is 12.5. The zero-order valence-corrected chi connectivity index (χ0v) is 15.5. The van der Waals surface area contributed by atoms with E-state index in [9.17, 15) is 19.7 Å². The lowest BCUT2D eigenvalue weighted by Gasteiger charge is -2.17. The van der Waals surface area contributed by atoms with E-state index in [1.165, 1.54) is 24.1 Å². The van der Waals surface area contributed by atoms with Gasteiger partial charge in [-0.25, -0.2) is 0 Å². The molecule has 2 rings (SSSR count). The molecule has 0 aliphatic carbocycles. The maximum absolute atomic E-state index is 12.5. The number of likely N-dealkylation sites (N-methyl/N-ethyl adjacent to an activating group) is 1. The van der Waals surface area contributed by atoms with Crippen LogP contribution in [0.25, 0.3) is 0 Å². The van der Waals surface area contributed by atoms with Crippen molar-refractivity contribution < 1.29 is 19.2 Å². The molecule has 2 aromatic rings. The van der Waals surface area contributed by atoms with Gasteiger partial charge >= 0.3 is 5.69 Å². The number of rotatable bonds is 7. The number of anilines is 1. The fourth-order valence-corrected chi connectivity index (χ4v) is 2.44. The van der Waals surface area contributed by atoms with Crippen LogP contribution in [0.3, 0.4) is 0 Å². The normalized spacial score (nSPS) is 10.2. The van der Waals surface area contributed by atoms with Crippen LogP contribution in [-0.4, -0.2) is 41.8 Å². The second-order valence-corrected chi connectivity index (χ2v) is 6.03. The highest BCUT2D eigenvalue weighted by atomic mass is 35.5. The average molecular weight is 392 g/mol. The Morgan fingerprint density at radius 2 is 1.89 bits per heavy atom. The monoisotopic (exact) mass is 391 g/mol. The molecule has 0 saturated carbocycles. The predicted octanol–water partition coefficient (Wildman–Crippen LogP) is 3.36. The third-order valence-electron chi connectivity index (χ3n) is 3.56. The first-order chi connectivity index (χ1) is 12.8. The predicted molar refractivity (Wildman–Crippen MR) is 101 cm³/mol. The molecule has 0 radical (unpaired) electrons. The Kier molecular flexibility index (Phi) is 6.73. The van der Waals surface area contributed by atoms with Crippen LogP contribution in [-0.2, 0) is 4.79 Å². The van der Waals surface area contributed by atoms with Gasteiger partial charge in [-0.15, -0.1) is 0 Å². The first-order valence-corrected chi connectivity index (χ1v) is 8.41. The molecule has 0 bridgehead atoms. The van der Waals surface area contributed by atoms with Crippen molar-refractivity contribution in [2.45, 2.75) is 6.92 Å². The van der Waals surface area contributed by atoms with Gasteiger partial charge in [0.1, 0.15) is 0 Å². The lowest BCUT2D eigenvalue weighted by atomic mass is 10.1. The number of carbonyl (C=O) groups excluding carboxylic acids is 2. The second-order valence-electron chi connectivity index (χ2n) is 5.59. The van der Waals surface area contributed by atoms with Crippen LogP contribution in [0.5, 0.6) is 5.75 Å². The van der Waals surface area contributed by atoms with Gasteiger partial charge in [0.25, 0.3) is 5.91 Å². The molecule has 0 fully saturated rings. The van der Waals surface area contributed by atoms with Gasteiger partial charge in [0.2, 0.25) is 5.91 Å². The van der Waals surface area contributed by atoms with Gasteiger partial charge in [-0.1, -0.05) is 11.6 Å². The molecular formula is C18H18ClN3O5. The number of hydrogen-bond acceptors (Lipinski definition) is 5. The smallest absolute Gasteiger partial charge is 0.311 e. The number of nitro benzene ring substituents is 1. The molecule has 9 heteroatoms. The number of nitro groups is 1. The molecule has 0 aliphatic heterocycles. The second kappa shape index (κ2) is 9.00. The lowest BCUT2D eigenvalue weighted by molar-refractivity contribution is -0.385. The number of hydrogen-bond donors (Lipinski definition) is 1. The number of benzene rings is 2. The molecule has 2 amide bonds. The summed E-state index contributed by atoms with van der Waals surface area (Å²) >= 11 is 5.79. The number of nitrogens with one attached hydrogen (secondary N) is 1. The Bertz CT molecular complexity index is 855. The van der Waals surface area contributed by atoms with Gasteiger partial charge in [0.05, 0.1) is 18.1 Å². The summed E-state index contributed by atoms with van der Waals surface area (Å²) in [5, 5.41) is 14.4. The van der Waals surface area contributed by atoms with Crippen LogP contribution in [0.2, 0.25) is 5.02 Å². The summed E-state index contributed by atoms with van der Waals surface area (Å²) in [6.07, 6.45) is 0. The summed E-state index contributed by atoms with van der Waals surface area (Å²) in [6, 6.07) is 10.5. The largest absolute Gasteiger partial charge is 0.487 e. The highest BCUT2D eigenvalue weighted by molar-refractivity contribution is 6.30. The molecule has 142 valence electrons. The standard InChI is InChI=1S/C18H18ClN3O5/c1-3-27-16-9-4-12(10-15(16)22(25)26)18(24)21(2)11-17(23)20-14-7-5-13(19)6-8-14/h4-10H,3,11H2,1-2H3,(H,20,23). The van der Waals surface area contributed by atoms with Gasteiger partial charge < -0.3 is 15.0 Å². The lowest BCUT2D eigenvalue weighted by Crippen LogP contribution is -2.34. The van der Waals surface area contributed by atoms with E-state index in [-0.39, 0.29) is 30.2 Å². The van der Waals surface area contributed by atoms with Crippen LogP contribution in [0.1, 0.15) is 17.3 Å². The number of halogens is 1. The molecular weight excluding hydrogens is 374 g/mol. The Hall–Kier alpha value is -3.13. The summed E-state index contributed by atoms with van der Waals surface area (Å²) in [6.45, 7) is 1.75. The molecule has 0 unspecified atom stereocenters. The van der Waals surface area contributed by atoms with Crippen LogP contribution in [0.15, 0.2) is 42.5 Å². The van der Waals surface area contributed by atoms with Crippen LogP contribution in [0, 0.1) is 10.1 Å². The van der Waals surface area contributed by atoms with Crippen LogP contribution < -0.4 is 10.1 Å². The summed E-state index contributed by atoms with van der Waals surface area (Å²) < 4.78 is 5.19. The fourth-order valence-electron chi connectivity index (χ4n) is 2.31. The summed E-state index contributed by atoms with van der Waals surface area (Å²) in [7, 11) is 1.44. The molecule has 0 aliphatic rings. The van der Waals surface area contributed by atoms with Crippen molar-refractivity contribution in [1.82, 2.24) is 4.90 Å². The van der Waals surface area contributed by atoms with Gasteiger partial charge in [0, 0.05) is 29.4 Å². The van der Waals surface area contributed by atoms with E-state index in [2.05, 4.69) is 5.32 Å². The minimum absolute atomic E-state index is 0.0854. The van der Waals surface area contributed by atoms with Crippen molar-refractivity contribution in [3.05, 3.63) is 63.2 Å². The number of nitrogens with zero attached hydrogens (tertiary/aromatic N) is 2. The summed E-state index contributed by atoms with van der Waals surface area (Å²) in [5.41, 5.74) is 0.329.